The second-order valence-electron chi connectivity index (χ2n) is 1.61. The van der Waals surface area contributed by atoms with E-state index in [1.165, 1.54) is 0 Å². The standard InChI is InChI=1S/C6H14NO.Ti/c1-2-8-6-4-3-5-7;/h1-7H2;/q-1;. The topological polar surface area (TPSA) is 35.2 Å². The van der Waals surface area contributed by atoms with Crippen molar-refractivity contribution >= 4 is 0 Å². The molecule has 0 heterocycles. The summed E-state index contributed by atoms with van der Waals surface area (Å²) in [5, 5.41) is 0. The zero-order chi connectivity index (χ0) is 6.24. The molecule has 0 aromatic rings. The fourth-order valence-electron chi connectivity index (χ4n) is 0.451. The molecule has 3 heteroatoms. The van der Waals surface area contributed by atoms with Gasteiger partial charge in [0, 0.05) is 28.3 Å². The van der Waals surface area contributed by atoms with Gasteiger partial charge in [-0.05, 0) is 19.4 Å². The van der Waals surface area contributed by atoms with Crippen molar-refractivity contribution < 1.29 is 26.5 Å². The summed E-state index contributed by atoms with van der Waals surface area (Å²) in [6.45, 7) is 5.67. The van der Waals surface area contributed by atoms with Gasteiger partial charge in [-0.25, -0.2) is 0 Å². The molecule has 0 aromatic carbocycles. The van der Waals surface area contributed by atoms with Gasteiger partial charge in [-0.3, -0.25) is 0 Å². The van der Waals surface area contributed by atoms with Crippen LogP contribution in [0.2, 0.25) is 0 Å². The Labute approximate surface area is 72.0 Å². The Hall–Kier alpha value is 0.634. The maximum absolute atomic E-state index is 5.24. The maximum atomic E-state index is 5.24. The molecule has 0 saturated carbocycles. The second-order valence-corrected chi connectivity index (χ2v) is 1.61. The molecule has 0 aliphatic carbocycles. The molecule has 54 valence electrons. The van der Waals surface area contributed by atoms with E-state index in [9.17, 15) is 0 Å². The van der Waals surface area contributed by atoms with E-state index < -0.39 is 0 Å². The molecule has 2 nitrogen and oxygen atoms in total. The molecule has 0 aliphatic heterocycles. The Bertz CT molecular complexity index is 38.0. The summed E-state index contributed by atoms with van der Waals surface area (Å²) < 4.78 is 4.97. The van der Waals surface area contributed by atoms with E-state index in [-0.39, 0.29) is 21.7 Å². The van der Waals surface area contributed by atoms with Crippen molar-refractivity contribution in [1.82, 2.24) is 0 Å². The molecular weight excluding hydrogens is 150 g/mol. The average molecular weight is 164 g/mol. The van der Waals surface area contributed by atoms with Gasteiger partial charge in [0.25, 0.3) is 0 Å². The maximum Gasteiger partial charge on any atom is 0.0430 e. The molecule has 0 bridgehead atoms. The van der Waals surface area contributed by atoms with Crippen molar-refractivity contribution in [3.63, 3.8) is 0 Å². The third-order valence-corrected chi connectivity index (χ3v) is 0.887. The molecule has 0 rings (SSSR count). The minimum absolute atomic E-state index is 0. The summed E-state index contributed by atoms with van der Waals surface area (Å²) in [4.78, 5) is 0. The molecule has 0 unspecified atom stereocenters. The summed E-state index contributed by atoms with van der Waals surface area (Å²) in [5.74, 6) is 0. The Balaban J connectivity index is 0. The van der Waals surface area contributed by atoms with Gasteiger partial charge in [0.1, 0.15) is 0 Å². The molecule has 0 aliphatic rings. The van der Waals surface area contributed by atoms with Crippen LogP contribution in [0.4, 0.5) is 0 Å². The van der Waals surface area contributed by atoms with Gasteiger partial charge in [0.15, 0.2) is 0 Å². The van der Waals surface area contributed by atoms with E-state index >= 15 is 0 Å². The SMILES string of the molecule is [CH2-]COCCCCN.[Ti]. The third-order valence-electron chi connectivity index (χ3n) is 0.887. The van der Waals surface area contributed by atoms with Crippen LogP contribution < -0.4 is 5.73 Å². The number of rotatable bonds is 5. The van der Waals surface area contributed by atoms with Crippen LogP contribution in [0.25, 0.3) is 0 Å². The van der Waals surface area contributed by atoms with Gasteiger partial charge in [-0.15, -0.1) is 0 Å². The van der Waals surface area contributed by atoms with Gasteiger partial charge < -0.3 is 17.4 Å². The summed E-state index contributed by atoms with van der Waals surface area (Å²) in [6.07, 6.45) is 2.12. The third kappa shape index (κ3) is 12.0. The van der Waals surface area contributed by atoms with Gasteiger partial charge in [-0.2, -0.15) is 0 Å². The van der Waals surface area contributed by atoms with Gasteiger partial charge in [-0.1, -0.05) is 6.61 Å². The first-order valence-corrected chi connectivity index (χ1v) is 2.99. The van der Waals surface area contributed by atoms with Crippen LogP contribution in [0.5, 0.6) is 0 Å². The molecule has 0 spiro atoms. The van der Waals surface area contributed by atoms with Crippen LogP contribution in [0.15, 0.2) is 0 Å². The van der Waals surface area contributed by atoms with Crippen molar-refractivity contribution in [3.05, 3.63) is 6.92 Å². The van der Waals surface area contributed by atoms with Gasteiger partial charge in [0.2, 0.25) is 0 Å². The smallest absolute Gasteiger partial charge is 0.0430 e. The average Bonchev–Trinajstić information content (AvgIpc) is 1.81. The minimum atomic E-state index is 0. The minimum Gasteiger partial charge on any atom is -0.413 e. The van der Waals surface area contributed by atoms with Gasteiger partial charge in [0.05, 0.1) is 0 Å². The van der Waals surface area contributed by atoms with Crippen molar-refractivity contribution in [1.29, 1.82) is 0 Å². The Kier molecular flexibility index (Phi) is 15.7. The number of hydrogen-bond acceptors (Lipinski definition) is 2. The number of unbranched alkanes of at least 4 members (excludes halogenated alkanes) is 1. The van der Waals surface area contributed by atoms with Crippen LogP contribution in [0, 0.1) is 6.92 Å². The fraction of sp³-hybridized carbons (Fsp3) is 0.833. The van der Waals surface area contributed by atoms with Crippen LogP contribution in [0.3, 0.4) is 0 Å². The molecule has 9 heavy (non-hydrogen) atoms. The summed E-state index contributed by atoms with van der Waals surface area (Å²) in [6, 6.07) is 0. The number of nitrogens with two attached hydrogens (primary N) is 1. The Morgan fingerprint density at radius 1 is 1.33 bits per heavy atom. The summed E-state index contributed by atoms with van der Waals surface area (Å²) in [5.41, 5.74) is 5.24. The summed E-state index contributed by atoms with van der Waals surface area (Å²) in [7, 11) is 0. The monoisotopic (exact) mass is 164 g/mol. The number of ether oxygens (including phenoxy) is 1. The molecule has 2 N–H and O–H groups in total. The zero-order valence-corrected chi connectivity index (χ0v) is 7.29. The van der Waals surface area contributed by atoms with Crippen molar-refractivity contribution in [2.45, 2.75) is 12.8 Å². The molecule has 0 amide bonds. The van der Waals surface area contributed by atoms with E-state index in [1.807, 2.05) is 0 Å². The van der Waals surface area contributed by atoms with Crippen LogP contribution in [0.1, 0.15) is 12.8 Å². The normalized spacial score (nSPS) is 8.67. The van der Waals surface area contributed by atoms with E-state index in [0.29, 0.717) is 6.61 Å². The van der Waals surface area contributed by atoms with Crippen LogP contribution in [-0.2, 0) is 26.5 Å². The molecule has 0 radical (unpaired) electrons. The van der Waals surface area contributed by atoms with E-state index in [0.717, 1.165) is 26.0 Å². The predicted molar refractivity (Wildman–Crippen MR) is 34.5 cm³/mol. The first kappa shape index (κ1) is 12.3. The van der Waals surface area contributed by atoms with E-state index in [4.69, 9.17) is 10.5 Å². The van der Waals surface area contributed by atoms with Crippen LogP contribution in [-0.4, -0.2) is 19.8 Å². The van der Waals surface area contributed by atoms with E-state index in [2.05, 4.69) is 6.92 Å². The van der Waals surface area contributed by atoms with E-state index in [1.54, 1.807) is 0 Å². The molecule has 0 atom stereocenters. The number of hydrogen-bond donors (Lipinski definition) is 1. The van der Waals surface area contributed by atoms with Gasteiger partial charge >= 0.3 is 0 Å². The fourth-order valence-corrected chi connectivity index (χ4v) is 0.451. The quantitative estimate of drug-likeness (QED) is 0.366. The predicted octanol–water partition coefficient (Wildman–Crippen LogP) is 0.573. The first-order chi connectivity index (χ1) is 3.91. The van der Waals surface area contributed by atoms with Crippen molar-refractivity contribution in [2.75, 3.05) is 19.8 Å². The van der Waals surface area contributed by atoms with Crippen LogP contribution >= 0.6 is 0 Å². The first-order valence-electron chi connectivity index (χ1n) is 2.99. The van der Waals surface area contributed by atoms with Crippen molar-refractivity contribution in [2.24, 2.45) is 5.73 Å². The largest absolute Gasteiger partial charge is 0.413 e. The summed E-state index contributed by atoms with van der Waals surface area (Å²) >= 11 is 0. The Morgan fingerprint density at radius 2 is 2.00 bits per heavy atom. The Morgan fingerprint density at radius 3 is 2.44 bits per heavy atom. The van der Waals surface area contributed by atoms with Crippen molar-refractivity contribution in [3.8, 4) is 0 Å². The zero-order valence-electron chi connectivity index (χ0n) is 5.73. The second kappa shape index (κ2) is 11.4. The molecular formula is C6H14NOTi-. The molecule has 0 saturated heterocycles. The molecule has 0 aromatic heterocycles. The molecule has 0 fully saturated rings.